The third kappa shape index (κ3) is 4.03. The maximum Gasteiger partial charge on any atom is 0.240 e. The average Bonchev–Trinajstić information content (AvgIpc) is 3.07. The third-order valence-electron chi connectivity index (χ3n) is 4.50. The van der Waals surface area contributed by atoms with Gasteiger partial charge in [-0.3, -0.25) is 0 Å². The van der Waals surface area contributed by atoms with Crippen LogP contribution in [0.5, 0.6) is 5.75 Å². The molecule has 1 atom stereocenters. The van der Waals surface area contributed by atoms with Crippen LogP contribution in [0.2, 0.25) is 0 Å². The van der Waals surface area contributed by atoms with Crippen LogP contribution < -0.4 is 15.2 Å². The molecule has 5 nitrogen and oxygen atoms in total. The van der Waals surface area contributed by atoms with E-state index >= 15 is 0 Å². The molecule has 1 aliphatic rings. The molecule has 3 N–H and O–H groups in total. The van der Waals surface area contributed by atoms with Crippen molar-refractivity contribution >= 4 is 10.0 Å². The number of fused-ring (bicyclic) bond motifs is 1. The summed E-state index contributed by atoms with van der Waals surface area (Å²) in [4.78, 5) is 0.249. The van der Waals surface area contributed by atoms with Crippen molar-refractivity contribution in [2.75, 3.05) is 13.2 Å². The molecule has 0 saturated heterocycles. The van der Waals surface area contributed by atoms with E-state index in [4.69, 9.17) is 10.5 Å². The standard InChI is InChI=1S/C19H24N2O3S/c1-13(2)14-3-5-15(6-4-14)18(20)12-21-25(22,23)17-7-8-19-16(11-17)9-10-24-19/h3-8,11,13,18,21H,9-10,12,20H2,1-2H3. The maximum atomic E-state index is 12.5. The predicted octanol–water partition coefficient (Wildman–Crippen LogP) is 2.72. The molecule has 1 heterocycles. The minimum absolute atomic E-state index is 0.150. The van der Waals surface area contributed by atoms with Crippen LogP contribution in [0.4, 0.5) is 0 Å². The van der Waals surface area contributed by atoms with E-state index in [1.807, 2.05) is 24.3 Å². The summed E-state index contributed by atoms with van der Waals surface area (Å²) in [6, 6.07) is 12.5. The lowest BCUT2D eigenvalue weighted by Gasteiger charge is -2.15. The topological polar surface area (TPSA) is 81.4 Å². The summed E-state index contributed by atoms with van der Waals surface area (Å²) in [6.07, 6.45) is 0.737. The second-order valence-corrected chi connectivity index (χ2v) is 8.41. The molecule has 6 heteroatoms. The van der Waals surface area contributed by atoms with Crippen molar-refractivity contribution < 1.29 is 13.2 Å². The Morgan fingerprint density at radius 3 is 2.48 bits per heavy atom. The van der Waals surface area contributed by atoms with Gasteiger partial charge in [0.15, 0.2) is 0 Å². The summed E-state index contributed by atoms with van der Waals surface area (Å²) in [5.74, 6) is 1.22. The first-order valence-electron chi connectivity index (χ1n) is 8.47. The quantitative estimate of drug-likeness (QED) is 0.830. The van der Waals surface area contributed by atoms with Gasteiger partial charge in [0.1, 0.15) is 5.75 Å². The molecule has 0 aliphatic carbocycles. The van der Waals surface area contributed by atoms with Crippen LogP contribution in [0.15, 0.2) is 47.4 Å². The van der Waals surface area contributed by atoms with Gasteiger partial charge in [0.05, 0.1) is 11.5 Å². The summed E-state index contributed by atoms with van der Waals surface area (Å²) in [7, 11) is -3.59. The number of rotatable bonds is 6. The van der Waals surface area contributed by atoms with Gasteiger partial charge in [0.2, 0.25) is 10.0 Å². The van der Waals surface area contributed by atoms with E-state index in [0.29, 0.717) is 12.5 Å². The van der Waals surface area contributed by atoms with Gasteiger partial charge in [-0.2, -0.15) is 0 Å². The Hall–Kier alpha value is -1.89. The smallest absolute Gasteiger partial charge is 0.240 e. The molecule has 2 aromatic carbocycles. The van der Waals surface area contributed by atoms with Gasteiger partial charge in [0.25, 0.3) is 0 Å². The second kappa shape index (κ2) is 7.15. The zero-order valence-electron chi connectivity index (χ0n) is 14.5. The van der Waals surface area contributed by atoms with Gasteiger partial charge in [-0.05, 0) is 40.8 Å². The number of nitrogens with one attached hydrogen (secondary N) is 1. The third-order valence-corrected chi connectivity index (χ3v) is 5.92. The van der Waals surface area contributed by atoms with Crippen molar-refractivity contribution in [1.29, 1.82) is 0 Å². The first-order valence-corrected chi connectivity index (χ1v) is 9.96. The fourth-order valence-corrected chi connectivity index (χ4v) is 3.97. The summed E-state index contributed by atoms with van der Waals surface area (Å²) >= 11 is 0. The lowest BCUT2D eigenvalue weighted by atomic mass is 9.99. The zero-order chi connectivity index (χ0) is 18.0. The fraction of sp³-hybridized carbons (Fsp3) is 0.368. The number of ether oxygens (including phenoxy) is 1. The normalized spacial score (nSPS) is 15.0. The summed E-state index contributed by atoms with van der Waals surface area (Å²) in [6.45, 7) is 5.01. The van der Waals surface area contributed by atoms with E-state index in [2.05, 4.69) is 18.6 Å². The Morgan fingerprint density at radius 1 is 1.12 bits per heavy atom. The van der Waals surface area contributed by atoms with Crippen molar-refractivity contribution in [2.24, 2.45) is 5.73 Å². The highest BCUT2D eigenvalue weighted by Gasteiger charge is 2.20. The van der Waals surface area contributed by atoms with Crippen LogP contribution in [0.3, 0.4) is 0 Å². The van der Waals surface area contributed by atoms with Gasteiger partial charge < -0.3 is 10.5 Å². The Labute approximate surface area is 149 Å². The molecule has 1 aliphatic heterocycles. The Morgan fingerprint density at radius 2 is 1.80 bits per heavy atom. The Balaban J connectivity index is 1.67. The molecule has 1 unspecified atom stereocenters. The predicted molar refractivity (Wildman–Crippen MR) is 98.3 cm³/mol. The molecule has 0 saturated carbocycles. The minimum atomic E-state index is -3.59. The minimum Gasteiger partial charge on any atom is -0.493 e. The van der Waals surface area contributed by atoms with Gasteiger partial charge in [0, 0.05) is 19.0 Å². The number of hydrogen-bond acceptors (Lipinski definition) is 4. The van der Waals surface area contributed by atoms with Crippen LogP contribution >= 0.6 is 0 Å². The van der Waals surface area contributed by atoms with Crippen LogP contribution in [-0.4, -0.2) is 21.6 Å². The highest BCUT2D eigenvalue weighted by atomic mass is 32.2. The van der Waals surface area contributed by atoms with Crippen molar-refractivity contribution in [1.82, 2.24) is 4.72 Å². The molecule has 3 rings (SSSR count). The molecular weight excluding hydrogens is 336 g/mol. The SMILES string of the molecule is CC(C)c1ccc(C(N)CNS(=O)(=O)c2ccc3c(c2)CCO3)cc1. The number of sulfonamides is 1. The first-order chi connectivity index (χ1) is 11.9. The molecule has 0 spiro atoms. The number of hydrogen-bond donors (Lipinski definition) is 2. The maximum absolute atomic E-state index is 12.5. The molecule has 0 fully saturated rings. The monoisotopic (exact) mass is 360 g/mol. The summed E-state index contributed by atoms with van der Waals surface area (Å²) < 4.78 is 33.0. The summed E-state index contributed by atoms with van der Waals surface area (Å²) in [5, 5.41) is 0. The van der Waals surface area contributed by atoms with E-state index < -0.39 is 16.1 Å². The van der Waals surface area contributed by atoms with Gasteiger partial charge in [-0.25, -0.2) is 13.1 Å². The molecule has 0 radical (unpaired) electrons. The van der Waals surface area contributed by atoms with E-state index in [0.717, 1.165) is 23.3 Å². The first kappa shape index (κ1) is 17.9. The van der Waals surface area contributed by atoms with Gasteiger partial charge in [-0.15, -0.1) is 0 Å². The van der Waals surface area contributed by atoms with Crippen LogP contribution in [0.1, 0.15) is 42.5 Å². The van der Waals surface area contributed by atoms with Crippen molar-refractivity contribution in [3.63, 3.8) is 0 Å². The van der Waals surface area contributed by atoms with Crippen molar-refractivity contribution in [3.05, 3.63) is 59.2 Å². The van der Waals surface area contributed by atoms with Crippen LogP contribution in [0, 0.1) is 0 Å². The molecule has 0 aromatic heterocycles. The van der Waals surface area contributed by atoms with Crippen molar-refractivity contribution in [2.45, 2.75) is 37.1 Å². The molecule has 2 aromatic rings. The highest BCUT2D eigenvalue weighted by Crippen LogP contribution is 2.27. The number of benzene rings is 2. The Bertz CT molecular complexity index is 845. The van der Waals surface area contributed by atoms with Crippen LogP contribution in [0.25, 0.3) is 0 Å². The molecule has 25 heavy (non-hydrogen) atoms. The molecular formula is C19H24N2O3S. The molecule has 134 valence electrons. The van der Waals surface area contributed by atoms with E-state index in [-0.39, 0.29) is 11.4 Å². The largest absolute Gasteiger partial charge is 0.493 e. The Kier molecular flexibility index (Phi) is 5.13. The average molecular weight is 360 g/mol. The van der Waals surface area contributed by atoms with Gasteiger partial charge >= 0.3 is 0 Å². The van der Waals surface area contributed by atoms with E-state index in [1.54, 1.807) is 18.2 Å². The highest BCUT2D eigenvalue weighted by molar-refractivity contribution is 7.89. The zero-order valence-corrected chi connectivity index (χ0v) is 15.3. The van der Waals surface area contributed by atoms with E-state index in [1.165, 1.54) is 5.56 Å². The lowest BCUT2D eigenvalue weighted by Crippen LogP contribution is -2.32. The van der Waals surface area contributed by atoms with Crippen molar-refractivity contribution in [3.8, 4) is 5.75 Å². The number of nitrogens with two attached hydrogens (primary N) is 1. The van der Waals surface area contributed by atoms with E-state index in [9.17, 15) is 8.42 Å². The van der Waals surface area contributed by atoms with Gasteiger partial charge in [-0.1, -0.05) is 38.1 Å². The van der Waals surface area contributed by atoms with Crippen LogP contribution in [-0.2, 0) is 16.4 Å². The fourth-order valence-electron chi connectivity index (χ4n) is 2.86. The molecule has 0 amide bonds. The molecule has 0 bridgehead atoms. The lowest BCUT2D eigenvalue weighted by molar-refractivity contribution is 0.356. The second-order valence-electron chi connectivity index (χ2n) is 6.65. The summed E-state index contributed by atoms with van der Waals surface area (Å²) in [5.41, 5.74) is 9.22.